The van der Waals surface area contributed by atoms with E-state index in [0.717, 1.165) is 25.7 Å². The van der Waals surface area contributed by atoms with E-state index in [9.17, 15) is 8.42 Å². The standard InChI is InChI=1S/C14H21NO3S/c1-2-19(16,17)12-9-7-11(8-10-12)18-14-6-4-3-5-13(14)15/h7-10,13-14H,2-6,15H2,1H3. The summed E-state index contributed by atoms with van der Waals surface area (Å²) in [5.41, 5.74) is 6.03. The van der Waals surface area contributed by atoms with Crippen molar-refractivity contribution in [2.24, 2.45) is 5.73 Å². The maximum atomic E-state index is 11.7. The highest BCUT2D eigenvalue weighted by Crippen LogP contribution is 2.24. The normalized spacial score (nSPS) is 24.1. The summed E-state index contributed by atoms with van der Waals surface area (Å²) in [6.07, 6.45) is 4.31. The van der Waals surface area contributed by atoms with Gasteiger partial charge in [-0.05, 0) is 43.5 Å². The third kappa shape index (κ3) is 3.48. The zero-order chi connectivity index (χ0) is 13.9. The molecule has 0 heterocycles. The molecule has 0 aromatic heterocycles. The van der Waals surface area contributed by atoms with Crippen LogP contribution < -0.4 is 10.5 Å². The molecule has 19 heavy (non-hydrogen) atoms. The van der Waals surface area contributed by atoms with Crippen molar-refractivity contribution >= 4 is 9.84 Å². The van der Waals surface area contributed by atoms with Crippen LogP contribution in [0, 0.1) is 0 Å². The molecule has 2 N–H and O–H groups in total. The molecule has 2 unspecified atom stereocenters. The Kier molecular flexibility index (Phi) is 4.47. The predicted octanol–water partition coefficient (Wildman–Crippen LogP) is 2.13. The van der Waals surface area contributed by atoms with E-state index in [1.54, 1.807) is 31.2 Å². The van der Waals surface area contributed by atoms with Crippen LogP contribution in [0.15, 0.2) is 29.2 Å². The number of benzene rings is 1. The molecule has 0 radical (unpaired) electrons. The van der Waals surface area contributed by atoms with Crippen molar-refractivity contribution in [2.45, 2.75) is 49.6 Å². The van der Waals surface area contributed by atoms with Gasteiger partial charge in [-0.25, -0.2) is 8.42 Å². The van der Waals surface area contributed by atoms with Crippen LogP contribution in [-0.2, 0) is 9.84 Å². The van der Waals surface area contributed by atoms with Crippen LogP contribution in [0.1, 0.15) is 32.6 Å². The van der Waals surface area contributed by atoms with Gasteiger partial charge < -0.3 is 10.5 Å². The van der Waals surface area contributed by atoms with E-state index in [1.807, 2.05) is 0 Å². The molecule has 1 aliphatic carbocycles. The van der Waals surface area contributed by atoms with Gasteiger partial charge in [-0.1, -0.05) is 13.3 Å². The van der Waals surface area contributed by atoms with Crippen LogP contribution in [0.3, 0.4) is 0 Å². The molecule has 1 aromatic carbocycles. The second-order valence-corrected chi connectivity index (χ2v) is 7.26. The third-order valence-corrected chi connectivity index (χ3v) is 5.35. The average molecular weight is 283 g/mol. The van der Waals surface area contributed by atoms with Gasteiger partial charge in [0.15, 0.2) is 9.84 Å². The van der Waals surface area contributed by atoms with Gasteiger partial charge in [0.25, 0.3) is 0 Å². The maximum absolute atomic E-state index is 11.7. The zero-order valence-electron chi connectivity index (χ0n) is 11.2. The molecule has 1 aliphatic rings. The van der Waals surface area contributed by atoms with Crippen LogP contribution in [0.2, 0.25) is 0 Å². The number of nitrogens with two attached hydrogens (primary N) is 1. The molecule has 0 spiro atoms. The van der Waals surface area contributed by atoms with E-state index in [-0.39, 0.29) is 17.9 Å². The van der Waals surface area contributed by atoms with Crippen molar-refractivity contribution in [3.05, 3.63) is 24.3 Å². The first-order valence-electron chi connectivity index (χ1n) is 6.78. The summed E-state index contributed by atoms with van der Waals surface area (Å²) < 4.78 is 29.2. The first kappa shape index (κ1) is 14.3. The van der Waals surface area contributed by atoms with Crippen molar-refractivity contribution in [1.29, 1.82) is 0 Å². The monoisotopic (exact) mass is 283 g/mol. The van der Waals surface area contributed by atoms with Crippen LogP contribution in [0.4, 0.5) is 0 Å². The summed E-state index contributed by atoms with van der Waals surface area (Å²) in [4.78, 5) is 0.343. The molecule has 0 aliphatic heterocycles. The van der Waals surface area contributed by atoms with Crippen molar-refractivity contribution in [3.8, 4) is 5.75 Å². The van der Waals surface area contributed by atoms with Crippen LogP contribution >= 0.6 is 0 Å². The van der Waals surface area contributed by atoms with Crippen molar-refractivity contribution in [3.63, 3.8) is 0 Å². The fraction of sp³-hybridized carbons (Fsp3) is 0.571. The summed E-state index contributed by atoms with van der Waals surface area (Å²) in [5.74, 6) is 0.804. The Hall–Kier alpha value is -1.07. The molecule has 4 nitrogen and oxygen atoms in total. The van der Waals surface area contributed by atoms with E-state index in [2.05, 4.69) is 0 Å². The quantitative estimate of drug-likeness (QED) is 0.919. The molecule has 1 saturated carbocycles. The van der Waals surface area contributed by atoms with Gasteiger partial charge in [-0.2, -0.15) is 0 Å². The van der Waals surface area contributed by atoms with Gasteiger partial charge in [0, 0.05) is 6.04 Å². The summed E-state index contributed by atoms with van der Waals surface area (Å²) in [7, 11) is -3.14. The Labute approximate surface area is 114 Å². The lowest BCUT2D eigenvalue weighted by molar-refractivity contribution is 0.132. The second-order valence-electron chi connectivity index (χ2n) is 4.98. The smallest absolute Gasteiger partial charge is 0.178 e. The fourth-order valence-electron chi connectivity index (χ4n) is 2.34. The summed E-state index contributed by atoms with van der Waals surface area (Å²) >= 11 is 0. The topological polar surface area (TPSA) is 69.4 Å². The number of sulfone groups is 1. The minimum absolute atomic E-state index is 0.0439. The van der Waals surface area contributed by atoms with Gasteiger partial charge in [-0.3, -0.25) is 0 Å². The minimum Gasteiger partial charge on any atom is -0.489 e. The number of ether oxygens (including phenoxy) is 1. The lowest BCUT2D eigenvalue weighted by Crippen LogP contribution is -2.41. The molecule has 5 heteroatoms. The lowest BCUT2D eigenvalue weighted by atomic mass is 9.93. The van der Waals surface area contributed by atoms with Gasteiger partial charge in [0.1, 0.15) is 11.9 Å². The minimum atomic E-state index is -3.14. The first-order chi connectivity index (χ1) is 9.03. The highest BCUT2D eigenvalue weighted by molar-refractivity contribution is 7.91. The molecule has 1 aromatic rings. The van der Waals surface area contributed by atoms with Crippen LogP contribution in [0.5, 0.6) is 5.75 Å². The van der Waals surface area contributed by atoms with Crippen LogP contribution in [-0.4, -0.2) is 26.3 Å². The number of hydrogen-bond donors (Lipinski definition) is 1. The van der Waals surface area contributed by atoms with Crippen molar-refractivity contribution in [2.75, 3.05) is 5.75 Å². The maximum Gasteiger partial charge on any atom is 0.178 e. The van der Waals surface area contributed by atoms with E-state index in [1.165, 1.54) is 0 Å². The molecule has 2 atom stereocenters. The van der Waals surface area contributed by atoms with E-state index < -0.39 is 9.84 Å². The predicted molar refractivity (Wildman–Crippen MR) is 75.0 cm³/mol. The Balaban J connectivity index is 2.06. The number of hydrogen-bond acceptors (Lipinski definition) is 4. The molecule has 0 amide bonds. The highest BCUT2D eigenvalue weighted by atomic mass is 32.2. The fourth-order valence-corrected chi connectivity index (χ4v) is 3.22. The van der Waals surface area contributed by atoms with Crippen molar-refractivity contribution in [1.82, 2.24) is 0 Å². The Bertz CT molecular complexity index is 510. The first-order valence-corrected chi connectivity index (χ1v) is 8.43. The molecule has 2 rings (SSSR count). The SMILES string of the molecule is CCS(=O)(=O)c1ccc(OC2CCCCC2N)cc1. The van der Waals surface area contributed by atoms with E-state index in [0.29, 0.717) is 10.6 Å². The highest BCUT2D eigenvalue weighted by Gasteiger charge is 2.23. The molecular weight excluding hydrogens is 262 g/mol. The Morgan fingerprint density at radius 2 is 1.84 bits per heavy atom. The molecule has 0 bridgehead atoms. The van der Waals surface area contributed by atoms with E-state index in [4.69, 9.17) is 10.5 Å². The van der Waals surface area contributed by atoms with Crippen molar-refractivity contribution < 1.29 is 13.2 Å². The van der Waals surface area contributed by atoms with Crippen LogP contribution in [0.25, 0.3) is 0 Å². The second kappa shape index (κ2) is 5.92. The summed E-state index contributed by atoms with van der Waals surface area (Å²) in [5, 5.41) is 0. The Morgan fingerprint density at radius 3 is 2.42 bits per heavy atom. The number of rotatable bonds is 4. The molecule has 1 fully saturated rings. The molecule has 106 valence electrons. The van der Waals surface area contributed by atoms with Gasteiger partial charge in [0.2, 0.25) is 0 Å². The average Bonchev–Trinajstić information content (AvgIpc) is 2.42. The largest absolute Gasteiger partial charge is 0.489 e. The van der Waals surface area contributed by atoms with E-state index >= 15 is 0 Å². The van der Waals surface area contributed by atoms with Gasteiger partial charge in [-0.15, -0.1) is 0 Å². The molecular formula is C14H21NO3S. The summed E-state index contributed by atoms with van der Waals surface area (Å²) in [6.45, 7) is 1.64. The third-order valence-electron chi connectivity index (χ3n) is 3.60. The van der Waals surface area contributed by atoms with Gasteiger partial charge in [0.05, 0.1) is 10.6 Å². The Morgan fingerprint density at radius 1 is 1.21 bits per heavy atom. The lowest BCUT2D eigenvalue weighted by Gasteiger charge is -2.29. The zero-order valence-corrected chi connectivity index (χ0v) is 12.0. The summed E-state index contributed by atoms with van der Waals surface area (Å²) in [6, 6.07) is 6.70. The van der Waals surface area contributed by atoms with Gasteiger partial charge >= 0.3 is 0 Å². The molecule has 0 saturated heterocycles.